The van der Waals surface area contributed by atoms with Crippen molar-refractivity contribution < 1.29 is 9.94 Å². The number of para-hydroxylation sites is 1. The van der Waals surface area contributed by atoms with E-state index in [1.165, 1.54) is 3.57 Å². The molecule has 2 aromatic rings. The van der Waals surface area contributed by atoms with E-state index in [4.69, 9.17) is 9.94 Å². The average Bonchev–Trinajstić information content (AvgIpc) is 2.49. The van der Waals surface area contributed by atoms with Gasteiger partial charge in [-0.3, -0.25) is 0 Å². The summed E-state index contributed by atoms with van der Waals surface area (Å²) in [7, 11) is 0. The first-order valence-corrected chi connectivity index (χ1v) is 7.50. The van der Waals surface area contributed by atoms with Crippen molar-refractivity contribution in [1.82, 2.24) is 0 Å². The van der Waals surface area contributed by atoms with Gasteiger partial charge in [-0.05, 0) is 58.8 Å². The van der Waals surface area contributed by atoms with Crippen LogP contribution in [-0.4, -0.2) is 10.9 Å². The summed E-state index contributed by atoms with van der Waals surface area (Å²) in [6.07, 6.45) is 0.653. The van der Waals surface area contributed by atoms with Gasteiger partial charge in [0.2, 0.25) is 0 Å². The number of hydrogen-bond donors (Lipinski definition) is 1. The molecule has 0 saturated heterocycles. The second-order valence-electron chi connectivity index (χ2n) is 4.31. The van der Waals surface area contributed by atoms with Crippen LogP contribution in [0.4, 0.5) is 0 Å². The SMILES string of the molecule is CCC(=NO)c1ccccc1OCc1ccc(I)cc1. The fourth-order valence-electron chi connectivity index (χ4n) is 1.89. The van der Waals surface area contributed by atoms with Crippen LogP contribution in [0.5, 0.6) is 5.75 Å². The smallest absolute Gasteiger partial charge is 0.128 e. The lowest BCUT2D eigenvalue weighted by atomic mass is 10.1. The minimum atomic E-state index is 0.496. The molecule has 104 valence electrons. The molecule has 1 N–H and O–H groups in total. The van der Waals surface area contributed by atoms with Crippen LogP contribution in [0.3, 0.4) is 0 Å². The summed E-state index contributed by atoms with van der Waals surface area (Å²) < 4.78 is 7.05. The fraction of sp³-hybridized carbons (Fsp3) is 0.188. The quantitative estimate of drug-likeness (QED) is 0.360. The molecule has 20 heavy (non-hydrogen) atoms. The van der Waals surface area contributed by atoms with Gasteiger partial charge in [-0.25, -0.2) is 0 Å². The molecule has 4 heteroatoms. The van der Waals surface area contributed by atoms with Gasteiger partial charge in [0, 0.05) is 9.13 Å². The summed E-state index contributed by atoms with van der Waals surface area (Å²) in [5.74, 6) is 0.737. The van der Waals surface area contributed by atoms with Gasteiger partial charge in [0.05, 0.1) is 5.71 Å². The van der Waals surface area contributed by atoms with E-state index in [-0.39, 0.29) is 0 Å². The number of benzene rings is 2. The maximum Gasteiger partial charge on any atom is 0.128 e. The van der Waals surface area contributed by atoms with Gasteiger partial charge in [-0.15, -0.1) is 0 Å². The number of ether oxygens (including phenoxy) is 1. The lowest BCUT2D eigenvalue weighted by molar-refractivity contribution is 0.303. The van der Waals surface area contributed by atoms with Crippen LogP contribution in [0.15, 0.2) is 53.7 Å². The molecule has 2 rings (SSSR count). The van der Waals surface area contributed by atoms with Crippen LogP contribution in [-0.2, 0) is 6.61 Å². The van der Waals surface area contributed by atoms with Gasteiger partial charge in [0.15, 0.2) is 0 Å². The summed E-state index contributed by atoms with van der Waals surface area (Å²) in [6, 6.07) is 15.8. The molecule has 0 spiro atoms. The Hall–Kier alpha value is -1.56. The average molecular weight is 381 g/mol. The number of halogens is 1. The molecule has 0 aliphatic rings. The summed E-state index contributed by atoms with van der Waals surface area (Å²) in [4.78, 5) is 0. The van der Waals surface area contributed by atoms with Crippen LogP contribution in [0.2, 0.25) is 0 Å². The Bertz CT molecular complexity index is 594. The van der Waals surface area contributed by atoms with Crippen molar-refractivity contribution in [3.05, 3.63) is 63.2 Å². The third kappa shape index (κ3) is 3.72. The zero-order valence-electron chi connectivity index (χ0n) is 11.2. The standard InChI is InChI=1S/C16H16INO2/c1-2-15(18-19)14-5-3-4-6-16(14)20-11-12-7-9-13(17)10-8-12/h3-10,19H,2,11H2,1H3. The maximum absolute atomic E-state index is 9.05. The van der Waals surface area contributed by atoms with E-state index in [2.05, 4.69) is 39.9 Å². The molecule has 0 radical (unpaired) electrons. The van der Waals surface area contributed by atoms with Crippen LogP contribution in [0.25, 0.3) is 0 Å². The topological polar surface area (TPSA) is 41.8 Å². The van der Waals surface area contributed by atoms with Gasteiger partial charge in [-0.1, -0.05) is 36.3 Å². The highest BCUT2D eigenvalue weighted by molar-refractivity contribution is 14.1. The van der Waals surface area contributed by atoms with Crippen LogP contribution in [0.1, 0.15) is 24.5 Å². The van der Waals surface area contributed by atoms with Crippen LogP contribution < -0.4 is 4.74 Å². The third-order valence-electron chi connectivity index (χ3n) is 2.96. The monoisotopic (exact) mass is 381 g/mol. The first-order valence-electron chi connectivity index (χ1n) is 6.42. The Morgan fingerprint density at radius 3 is 2.50 bits per heavy atom. The van der Waals surface area contributed by atoms with Gasteiger partial charge in [-0.2, -0.15) is 0 Å². The van der Waals surface area contributed by atoms with Crippen molar-refractivity contribution in [3.8, 4) is 5.75 Å². The van der Waals surface area contributed by atoms with E-state index in [9.17, 15) is 0 Å². The zero-order valence-corrected chi connectivity index (χ0v) is 13.4. The Morgan fingerprint density at radius 2 is 1.85 bits per heavy atom. The summed E-state index contributed by atoms with van der Waals surface area (Å²) in [5, 5.41) is 12.4. The number of nitrogens with zero attached hydrogens (tertiary/aromatic N) is 1. The highest BCUT2D eigenvalue weighted by Gasteiger charge is 2.09. The van der Waals surface area contributed by atoms with E-state index in [1.807, 2.05) is 43.3 Å². The molecule has 0 amide bonds. The van der Waals surface area contributed by atoms with Crippen molar-refractivity contribution in [2.45, 2.75) is 20.0 Å². The van der Waals surface area contributed by atoms with Crippen molar-refractivity contribution in [3.63, 3.8) is 0 Å². The largest absolute Gasteiger partial charge is 0.488 e. The molecule has 2 aromatic carbocycles. The fourth-order valence-corrected chi connectivity index (χ4v) is 2.25. The van der Waals surface area contributed by atoms with E-state index in [1.54, 1.807) is 0 Å². The molecule has 0 fully saturated rings. The van der Waals surface area contributed by atoms with Gasteiger partial charge >= 0.3 is 0 Å². The van der Waals surface area contributed by atoms with Gasteiger partial charge in [0.1, 0.15) is 12.4 Å². The zero-order chi connectivity index (χ0) is 14.4. The molecule has 0 atom stereocenters. The van der Waals surface area contributed by atoms with Crippen molar-refractivity contribution in [1.29, 1.82) is 0 Å². The highest BCUT2D eigenvalue weighted by Crippen LogP contribution is 2.21. The van der Waals surface area contributed by atoms with E-state index in [0.717, 1.165) is 16.9 Å². The van der Waals surface area contributed by atoms with Crippen LogP contribution >= 0.6 is 22.6 Å². The first-order chi connectivity index (χ1) is 9.74. The Morgan fingerprint density at radius 1 is 1.15 bits per heavy atom. The molecule has 0 saturated carbocycles. The summed E-state index contributed by atoms with van der Waals surface area (Å²) in [5.41, 5.74) is 2.57. The molecule has 3 nitrogen and oxygen atoms in total. The lowest BCUT2D eigenvalue weighted by Crippen LogP contribution is -2.04. The Kier molecular flexibility index (Phi) is 5.40. The molecule has 0 aliphatic carbocycles. The van der Waals surface area contributed by atoms with Crippen molar-refractivity contribution >= 4 is 28.3 Å². The molecule has 0 unspecified atom stereocenters. The minimum absolute atomic E-state index is 0.496. The first kappa shape index (κ1) is 14.8. The highest BCUT2D eigenvalue weighted by atomic mass is 127. The number of rotatable bonds is 5. The molecular weight excluding hydrogens is 365 g/mol. The summed E-state index contributed by atoms with van der Waals surface area (Å²) >= 11 is 2.28. The molecule has 0 aromatic heterocycles. The molecular formula is C16H16INO2. The van der Waals surface area contributed by atoms with Crippen molar-refractivity contribution in [2.75, 3.05) is 0 Å². The Balaban J connectivity index is 2.15. The van der Waals surface area contributed by atoms with Crippen LogP contribution in [0, 0.1) is 3.57 Å². The van der Waals surface area contributed by atoms with Gasteiger partial charge in [0.25, 0.3) is 0 Å². The second kappa shape index (κ2) is 7.28. The van der Waals surface area contributed by atoms with Gasteiger partial charge < -0.3 is 9.94 Å². The third-order valence-corrected chi connectivity index (χ3v) is 3.68. The van der Waals surface area contributed by atoms with E-state index >= 15 is 0 Å². The number of oxime groups is 1. The molecule has 0 heterocycles. The van der Waals surface area contributed by atoms with Crippen molar-refractivity contribution in [2.24, 2.45) is 5.16 Å². The second-order valence-corrected chi connectivity index (χ2v) is 5.56. The predicted molar refractivity (Wildman–Crippen MR) is 88.5 cm³/mol. The van der Waals surface area contributed by atoms with E-state index < -0.39 is 0 Å². The molecule has 0 aliphatic heterocycles. The summed E-state index contributed by atoms with van der Waals surface area (Å²) in [6.45, 7) is 2.45. The lowest BCUT2D eigenvalue weighted by Gasteiger charge is -2.11. The normalized spacial score (nSPS) is 11.4. The van der Waals surface area contributed by atoms with E-state index in [0.29, 0.717) is 18.7 Å². The predicted octanol–water partition coefficient (Wildman–Crippen LogP) is 4.46. The maximum atomic E-state index is 9.05. The Labute approximate surface area is 132 Å². The molecule has 0 bridgehead atoms. The number of hydrogen-bond acceptors (Lipinski definition) is 3. The minimum Gasteiger partial charge on any atom is -0.488 e.